The number of aliphatic carboxylic acids is 2. The van der Waals surface area contributed by atoms with E-state index in [9.17, 15) is 27.2 Å². The second-order valence-electron chi connectivity index (χ2n) is 4.26. The topological polar surface area (TPSA) is 74.6 Å². The Labute approximate surface area is 111 Å². The smallest absolute Gasteiger partial charge is 0.352 e. The molecule has 112 valence electrons. The third kappa shape index (κ3) is 1.74. The highest BCUT2D eigenvalue weighted by Gasteiger charge is 2.67. The Balaban J connectivity index is 3.86. The molecule has 20 heavy (non-hydrogen) atoms. The first kappa shape index (κ1) is 16.2. The van der Waals surface area contributed by atoms with Crippen molar-refractivity contribution in [2.75, 3.05) is 0 Å². The summed E-state index contributed by atoms with van der Waals surface area (Å²) in [5.41, 5.74) is -10.0. The number of hydrogen-bond acceptors (Lipinski definition) is 2. The van der Waals surface area contributed by atoms with Crippen LogP contribution in [0, 0.1) is 0 Å². The molecule has 0 saturated heterocycles. The summed E-state index contributed by atoms with van der Waals surface area (Å²) < 4.78 is 56.5. The van der Waals surface area contributed by atoms with E-state index in [1.165, 1.54) is 6.92 Å². The Kier molecular flexibility index (Phi) is 3.98. The summed E-state index contributed by atoms with van der Waals surface area (Å²) >= 11 is 0. The standard InChI is InChI=1S/C12H12F4O4/c1-3-5-6(9(17)18)7(13)8(14)12(16,10(19)20)11(5,15)4-2/h3-4H2,1-2H3,(H,17,18)(H,19,20). The van der Waals surface area contributed by atoms with Crippen molar-refractivity contribution in [1.82, 2.24) is 0 Å². The zero-order valence-electron chi connectivity index (χ0n) is 10.6. The van der Waals surface area contributed by atoms with Gasteiger partial charge in [-0.15, -0.1) is 0 Å². The van der Waals surface area contributed by atoms with Crippen molar-refractivity contribution in [2.45, 2.75) is 38.0 Å². The number of allylic oxidation sites excluding steroid dienone is 1. The Bertz CT molecular complexity index is 540. The maximum atomic E-state index is 14.8. The third-order valence-corrected chi connectivity index (χ3v) is 3.39. The first-order valence-electron chi connectivity index (χ1n) is 5.73. The lowest BCUT2D eigenvalue weighted by Crippen LogP contribution is -2.57. The summed E-state index contributed by atoms with van der Waals surface area (Å²) in [6.45, 7) is 2.21. The summed E-state index contributed by atoms with van der Waals surface area (Å²) in [6.07, 6.45) is -1.35. The summed E-state index contributed by atoms with van der Waals surface area (Å²) in [6, 6.07) is 0. The highest BCUT2D eigenvalue weighted by atomic mass is 19.2. The second-order valence-corrected chi connectivity index (χ2v) is 4.26. The summed E-state index contributed by atoms with van der Waals surface area (Å²) in [4.78, 5) is 21.8. The van der Waals surface area contributed by atoms with Gasteiger partial charge in [-0.1, -0.05) is 13.8 Å². The van der Waals surface area contributed by atoms with Gasteiger partial charge in [0.15, 0.2) is 17.3 Å². The normalized spacial score (nSPS) is 30.7. The van der Waals surface area contributed by atoms with Crippen molar-refractivity contribution < 1.29 is 37.4 Å². The van der Waals surface area contributed by atoms with Gasteiger partial charge in [-0.25, -0.2) is 27.2 Å². The molecule has 2 unspecified atom stereocenters. The molecule has 4 nitrogen and oxygen atoms in total. The van der Waals surface area contributed by atoms with Crippen molar-refractivity contribution in [2.24, 2.45) is 0 Å². The van der Waals surface area contributed by atoms with Crippen molar-refractivity contribution in [1.29, 1.82) is 0 Å². The number of alkyl halides is 2. The molecule has 0 aromatic rings. The molecule has 0 fully saturated rings. The predicted molar refractivity (Wildman–Crippen MR) is 59.8 cm³/mol. The fraction of sp³-hybridized carbons (Fsp3) is 0.500. The van der Waals surface area contributed by atoms with Crippen LogP contribution in [0.1, 0.15) is 26.7 Å². The first-order valence-corrected chi connectivity index (χ1v) is 5.73. The van der Waals surface area contributed by atoms with Gasteiger partial charge >= 0.3 is 11.9 Å². The highest BCUT2D eigenvalue weighted by Crippen LogP contribution is 2.53. The van der Waals surface area contributed by atoms with Crippen molar-refractivity contribution in [3.8, 4) is 0 Å². The van der Waals surface area contributed by atoms with E-state index >= 15 is 0 Å². The van der Waals surface area contributed by atoms with E-state index in [1.54, 1.807) is 0 Å². The SMILES string of the molecule is CCC1=C(C(=O)O)C(F)=C(F)C(F)(C(=O)O)C1(F)CC. The second kappa shape index (κ2) is 4.92. The number of rotatable bonds is 4. The zero-order valence-corrected chi connectivity index (χ0v) is 10.6. The largest absolute Gasteiger partial charge is 0.478 e. The molecule has 1 aliphatic rings. The Morgan fingerprint density at radius 3 is 1.95 bits per heavy atom. The Morgan fingerprint density at radius 1 is 1.15 bits per heavy atom. The van der Waals surface area contributed by atoms with Crippen LogP contribution in [0.5, 0.6) is 0 Å². The van der Waals surface area contributed by atoms with Crippen LogP contribution in [-0.2, 0) is 9.59 Å². The van der Waals surface area contributed by atoms with Gasteiger partial charge in [0.25, 0.3) is 5.67 Å². The molecule has 0 aliphatic heterocycles. The van der Waals surface area contributed by atoms with Gasteiger partial charge in [-0.3, -0.25) is 0 Å². The van der Waals surface area contributed by atoms with Crippen LogP contribution in [0.15, 0.2) is 22.8 Å². The summed E-state index contributed by atoms with van der Waals surface area (Å²) in [5, 5.41) is 17.6. The molecule has 2 N–H and O–H groups in total. The molecule has 1 rings (SSSR count). The van der Waals surface area contributed by atoms with E-state index in [-0.39, 0.29) is 0 Å². The first-order chi connectivity index (χ1) is 9.09. The molecule has 0 aromatic heterocycles. The lowest BCUT2D eigenvalue weighted by molar-refractivity contribution is -0.160. The van der Waals surface area contributed by atoms with Gasteiger partial charge < -0.3 is 10.2 Å². The molecule has 0 bridgehead atoms. The van der Waals surface area contributed by atoms with Crippen molar-refractivity contribution in [3.63, 3.8) is 0 Å². The van der Waals surface area contributed by atoms with Crippen LogP contribution >= 0.6 is 0 Å². The average Bonchev–Trinajstić information content (AvgIpc) is 2.39. The van der Waals surface area contributed by atoms with Gasteiger partial charge in [0.05, 0.1) is 0 Å². The minimum atomic E-state index is -4.28. The average molecular weight is 296 g/mol. The fourth-order valence-electron chi connectivity index (χ4n) is 2.37. The van der Waals surface area contributed by atoms with Gasteiger partial charge in [-0.05, 0) is 18.4 Å². The highest BCUT2D eigenvalue weighted by molar-refractivity contribution is 5.96. The van der Waals surface area contributed by atoms with E-state index in [2.05, 4.69) is 0 Å². The van der Waals surface area contributed by atoms with Crippen LogP contribution in [0.2, 0.25) is 0 Å². The monoisotopic (exact) mass is 296 g/mol. The maximum absolute atomic E-state index is 14.8. The molecule has 1 aliphatic carbocycles. The van der Waals surface area contributed by atoms with Gasteiger partial charge in [0, 0.05) is 0 Å². The summed E-state index contributed by atoms with van der Waals surface area (Å²) in [5.74, 6) is -9.30. The summed E-state index contributed by atoms with van der Waals surface area (Å²) in [7, 11) is 0. The number of hydrogen-bond donors (Lipinski definition) is 2. The van der Waals surface area contributed by atoms with E-state index in [0.717, 1.165) is 6.92 Å². The minimum Gasteiger partial charge on any atom is -0.478 e. The van der Waals surface area contributed by atoms with Gasteiger partial charge in [0.1, 0.15) is 5.57 Å². The molecule has 2 atom stereocenters. The van der Waals surface area contributed by atoms with E-state index in [0.29, 0.717) is 0 Å². The van der Waals surface area contributed by atoms with E-state index < -0.39 is 58.9 Å². The quantitative estimate of drug-likeness (QED) is 0.782. The minimum absolute atomic E-state index is 0.481. The molecule has 0 spiro atoms. The van der Waals surface area contributed by atoms with Crippen LogP contribution in [0.3, 0.4) is 0 Å². The maximum Gasteiger partial charge on any atom is 0.352 e. The predicted octanol–water partition coefficient (Wildman–Crippen LogP) is 2.85. The molecule has 0 aromatic carbocycles. The number of carbonyl (C=O) groups is 2. The Morgan fingerprint density at radius 2 is 1.65 bits per heavy atom. The van der Waals surface area contributed by atoms with Crippen LogP contribution in [0.25, 0.3) is 0 Å². The number of halogens is 4. The molecule has 0 amide bonds. The Hall–Kier alpha value is -1.86. The van der Waals surface area contributed by atoms with Crippen LogP contribution < -0.4 is 0 Å². The third-order valence-electron chi connectivity index (χ3n) is 3.39. The molecule has 0 heterocycles. The lowest BCUT2D eigenvalue weighted by Gasteiger charge is -2.39. The van der Waals surface area contributed by atoms with Crippen LogP contribution in [-0.4, -0.2) is 33.5 Å². The molecule has 0 radical (unpaired) electrons. The molecular weight excluding hydrogens is 284 g/mol. The van der Waals surface area contributed by atoms with E-state index in [4.69, 9.17) is 10.2 Å². The van der Waals surface area contributed by atoms with Crippen LogP contribution in [0.4, 0.5) is 17.6 Å². The lowest BCUT2D eigenvalue weighted by atomic mass is 9.70. The van der Waals surface area contributed by atoms with Crippen molar-refractivity contribution in [3.05, 3.63) is 22.8 Å². The number of carboxylic acid groups (broad SMARTS) is 2. The van der Waals surface area contributed by atoms with Gasteiger partial charge in [0.2, 0.25) is 0 Å². The van der Waals surface area contributed by atoms with E-state index in [1.807, 2.05) is 0 Å². The van der Waals surface area contributed by atoms with Crippen molar-refractivity contribution >= 4 is 11.9 Å². The molecule has 8 heteroatoms. The van der Waals surface area contributed by atoms with Gasteiger partial charge in [-0.2, -0.15) is 0 Å². The fourth-order valence-corrected chi connectivity index (χ4v) is 2.37. The molecule has 0 saturated carbocycles. The zero-order chi connectivity index (χ0) is 15.9. The number of carboxylic acids is 2. The molecular formula is C12H12F4O4.